The van der Waals surface area contributed by atoms with Crippen LogP contribution in [0, 0.1) is 29.0 Å². The number of hydrogen-bond donors (Lipinski definition) is 1. The van der Waals surface area contributed by atoms with Crippen LogP contribution in [0.3, 0.4) is 0 Å². The SMILES string of the molecule is CC1C2SC(N)=NC(c3cc(/C=C(\F)c4ccc(C#N)cn4)ccc3F)C12.O=CN1CCC1. The normalized spacial score (nSPS) is 25.5. The van der Waals surface area contributed by atoms with Crippen LogP contribution in [0.25, 0.3) is 11.9 Å². The zero-order valence-electron chi connectivity index (χ0n) is 18.0. The van der Waals surface area contributed by atoms with E-state index in [2.05, 4.69) is 16.9 Å². The fraction of sp³-hybridized carbons (Fsp3) is 0.333. The lowest BCUT2D eigenvalue weighted by molar-refractivity contribution is -0.121. The highest BCUT2D eigenvalue weighted by atomic mass is 32.2. The Morgan fingerprint density at radius 2 is 2.12 bits per heavy atom. The number of rotatable bonds is 4. The van der Waals surface area contributed by atoms with Crippen molar-refractivity contribution in [3.63, 3.8) is 0 Å². The third-order valence-corrected chi connectivity index (χ3v) is 7.42. The van der Waals surface area contributed by atoms with Crippen LogP contribution in [0.4, 0.5) is 8.78 Å². The van der Waals surface area contributed by atoms with Crippen molar-refractivity contribution in [2.75, 3.05) is 13.1 Å². The largest absolute Gasteiger partial charge is 0.379 e. The second kappa shape index (κ2) is 9.71. The molecule has 9 heteroatoms. The molecule has 0 radical (unpaired) electrons. The highest BCUT2D eigenvalue weighted by Crippen LogP contribution is 2.58. The number of nitriles is 1. The molecule has 170 valence electrons. The minimum atomic E-state index is -0.558. The highest BCUT2D eigenvalue weighted by Gasteiger charge is 2.55. The van der Waals surface area contributed by atoms with Gasteiger partial charge in [0.15, 0.2) is 5.17 Å². The molecule has 6 nitrogen and oxygen atoms in total. The van der Waals surface area contributed by atoms with E-state index in [9.17, 15) is 13.6 Å². The number of aromatic nitrogens is 1. The van der Waals surface area contributed by atoms with Crippen LogP contribution in [-0.4, -0.2) is 39.8 Å². The first-order valence-electron chi connectivity index (χ1n) is 10.6. The standard InChI is InChI=1S/C20H16F2N4S.C4H7NO/c1-10-17-18(26-20(24)27-19(10)17)13-6-11(2-4-14(13)21)7-15(22)16-5-3-12(8-23)9-25-16;6-4-5-2-1-3-5/h2-7,9-10,17-19H,1H3,(H2,24,26);4H,1-3H2/b15-7-;. The maximum absolute atomic E-state index is 14.5. The number of amidine groups is 1. The van der Waals surface area contributed by atoms with Gasteiger partial charge < -0.3 is 10.6 Å². The van der Waals surface area contributed by atoms with E-state index in [-0.39, 0.29) is 23.5 Å². The van der Waals surface area contributed by atoms with Gasteiger partial charge in [-0.1, -0.05) is 24.8 Å². The number of aliphatic imine (C=N–C) groups is 1. The maximum Gasteiger partial charge on any atom is 0.209 e. The minimum Gasteiger partial charge on any atom is -0.379 e. The zero-order valence-corrected chi connectivity index (χ0v) is 18.8. The van der Waals surface area contributed by atoms with E-state index in [4.69, 9.17) is 11.0 Å². The second-order valence-corrected chi connectivity index (χ2v) is 9.44. The molecule has 2 fully saturated rings. The first kappa shape index (κ1) is 22.9. The summed E-state index contributed by atoms with van der Waals surface area (Å²) in [4.78, 5) is 19.8. The predicted molar refractivity (Wildman–Crippen MR) is 125 cm³/mol. The summed E-state index contributed by atoms with van der Waals surface area (Å²) in [7, 11) is 0. The summed E-state index contributed by atoms with van der Waals surface area (Å²) in [6.45, 7) is 4.06. The van der Waals surface area contributed by atoms with Crippen LogP contribution in [0.15, 0.2) is 41.5 Å². The summed E-state index contributed by atoms with van der Waals surface area (Å²) in [6.07, 6.45) is 4.70. The quantitative estimate of drug-likeness (QED) is 0.682. The van der Waals surface area contributed by atoms with Crippen LogP contribution in [0.5, 0.6) is 0 Å². The van der Waals surface area contributed by atoms with Crippen molar-refractivity contribution in [3.05, 3.63) is 64.7 Å². The lowest BCUT2D eigenvalue weighted by Crippen LogP contribution is -2.35. The van der Waals surface area contributed by atoms with Gasteiger partial charge in [0.1, 0.15) is 17.7 Å². The molecule has 1 aromatic heterocycles. The minimum absolute atomic E-state index is 0.118. The lowest BCUT2D eigenvalue weighted by atomic mass is 9.98. The molecule has 5 rings (SSSR count). The fourth-order valence-corrected chi connectivity index (χ4v) is 5.24. The van der Waals surface area contributed by atoms with Crippen LogP contribution in [0.1, 0.15) is 41.8 Å². The van der Waals surface area contributed by atoms with Gasteiger partial charge in [-0.3, -0.25) is 14.8 Å². The molecule has 0 spiro atoms. The monoisotopic (exact) mass is 467 g/mol. The number of nitrogens with zero attached hydrogens (tertiary/aromatic N) is 4. The third-order valence-electron chi connectivity index (χ3n) is 6.06. The number of carbonyl (C=O) groups is 1. The number of hydrogen-bond acceptors (Lipinski definition) is 6. The van der Waals surface area contributed by atoms with Gasteiger partial charge >= 0.3 is 0 Å². The Kier molecular flexibility index (Phi) is 6.75. The Morgan fingerprint density at radius 1 is 1.33 bits per heavy atom. The van der Waals surface area contributed by atoms with Crippen molar-refractivity contribution >= 4 is 35.2 Å². The topological polar surface area (TPSA) is 95.4 Å². The van der Waals surface area contributed by atoms with Gasteiger partial charge in [0, 0.05) is 36.0 Å². The van der Waals surface area contributed by atoms with Crippen molar-refractivity contribution in [3.8, 4) is 6.07 Å². The van der Waals surface area contributed by atoms with Crippen molar-refractivity contribution in [1.29, 1.82) is 5.26 Å². The molecule has 1 saturated heterocycles. The fourth-order valence-electron chi connectivity index (χ4n) is 3.92. The summed E-state index contributed by atoms with van der Waals surface area (Å²) in [5, 5.41) is 9.63. The average molecular weight is 468 g/mol. The molecule has 4 unspecified atom stereocenters. The summed E-state index contributed by atoms with van der Waals surface area (Å²) < 4.78 is 29.0. The molecule has 2 aromatic rings. The van der Waals surface area contributed by atoms with E-state index < -0.39 is 5.83 Å². The average Bonchev–Trinajstić information content (AvgIpc) is 3.43. The zero-order chi connectivity index (χ0) is 23.5. The molecule has 1 aromatic carbocycles. The van der Waals surface area contributed by atoms with Crippen LogP contribution in [0.2, 0.25) is 0 Å². The van der Waals surface area contributed by atoms with Gasteiger partial charge in [0.2, 0.25) is 6.41 Å². The molecule has 4 atom stereocenters. The Morgan fingerprint density at radius 3 is 2.70 bits per heavy atom. The molecular formula is C24H23F2N5OS. The molecular weight excluding hydrogens is 444 g/mol. The summed E-state index contributed by atoms with van der Waals surface area (Å²) in [6, 6.07) is 9.00. The van der Waals surface area contributed by atoms with Gasteiger partial charge in [0.05, 0.1) is 17.3 Å². The Hall–Kier alpha value is -3.25. The lowest BCUT2D eigenvalue weighted by Gasteiger charge is -2.25. The number of pyridine rings is 1. The number of thioether (sulfide) groups is 1. The summed E-state index contributed by atoms with van der Waals surface area (Å²) in [5.41, 5.74) is 7.33. The molecule has 2 N–H and O–H groups in total. The highest BCUT2D eigenvalue weighted by molar-refractivity contribution is 8.14. The van der Waals surface area contributed by atoms with Crippen LogP contribution >= 0.6 is 11.8 Å². The maximum atomic E-state index is 14.5. The Bertz CT molecular complexity index is 1140. The van der Waals surface area contributed by atoms with Crippen molar-refractivity contribution in [2.45, 2.75) is 24.6 Å². The second-order valence-electron chi connectivity index (χ2n) is 8.24. The van der Waals surface area contributed by atoms with E-state index >= 15 is 0 Å². The number of likely N-dealkylation sites (tertiary alicyclic amines) is 1. The van der Waals surface area contributed by atoms with E-state index in [1.54, 1.807) is 22.7 Å². The number of fused-ring (bicyclic) bond motifs is 1. The molecule has 1 amide bonds. The predicted octanol–water partition coefficient (Wildman–Crippen LogP) is 4.15. The van der Waals surface area contributed by atoms with Crippen molar-refractivity contribution in [1.82, 2.24) is 9.88 Å². The summed E-state index contributed by atoms with van der Waals surface area (Å²) in [5.74, 6) is -0.253. The first-order chi connectivity index (χ1) is 15.9. The van der Waals surface area contributed by atoms with Crippen LogP contribution < -0.4 is 5.73 Å². The van der Waals surface area contributed by atoms with E-state index in [0.717, 1.165) is 19.5 Å². The Labute approximate surface area is 195 Å². The molecule has 1 saturated carbocycles. The van der Waals surface area contributed by atoms with Gasteiger partial charge in [-0.15, -0.1) is 0 Å². The number of carbonyl (C=O) groups excluding carboxylic acids is 1. The van der Waals surface area contributed by atoms with Gasteiger partial charge in [-0.25, -0.2) is 8.78 Å². The van der Waals surface area contributed by atoms with E-state index in [1.807, 2.05) is 6.07 Å². The molecule has 1 aliphatic carbocycles. The third kappa shape index (κ3) is 5.06. The van der Waals surface area contributed by atoms with Crippen molar-refractivity contribution < 1.29 is 13.6 Å². The number of amides is 1. The number of nitrogens with two attached hydrogens (primary N) is 1. The molecule has 2 aliphatic heterocycles. The molecule has 3 heterocycles. The van der Waals surface area contributed by atoms with E-state index in [1.165, 1.54) is 43.0 Å². The van der Waals surface area contributed by atoms with Gasteiger partial charge in [0.25, 0.3) is 0 Å². The smallest absolute Gasteiger partial charge is 0.209 e. The molecule has 33 heavy (non-hydrogen) atoms. The van der Waals surface area contributed by atoms with Crippen molar-refractivity contribution in [2.24, 2.45) is 22.6 Å². The van der Waals surface area contributed by atoms with Gasteiger partial charge in [-0.2, -0.15) is 5.26 Å². The summed E-state index contributed by atoms with van der Waals surface area (Å²) >= 11 is 1.54. The first-order valence-corrected chi connectivity index (χ1v) is 11.5. The van der Waals surface area contributed by atoms with E-state index in [0.29, 0.717) is 33.0 Å². The van der Waals surface area contributed by atoms with Gasteiger partial charge in [-0.05, 0) is 48.2 Å². The van der Waals surface area contributed by atoms with Crippen LogP contribution in [-0.2, 0) is 4.79 Å². The number of halogens is 2. The molecule has 3 aliphatic rings. The molecule has 0 bridgehead atoms. The number of benzene rings is 1. The Balaban J connectivity index is 0.000000376.